The number of unbranched alkanes of at least 4 members (excludes halogenated alkanes) is 6. The third kappa shape index (κ3) is 7.55. The highest BCUT2D eigenvalue weighted by Gasteiger charge is 1.96. The number of carbonyl (C=O) groups is 1. The van der Waals surface area contributed by atoms with Crippen LogP contribution < -0.4 is 0 Å². The van der Waals surface area contributed by atoms with E-state index in [4.69, 9.17) is 5.11 Å². The average molecular weight is 238 g/mol. The number of aromatic nitrogens is 2. The van der Waals surface area contributed by atoms with Crippen molar-refractivity contribution in [3.63, 3.8) is 0 Å². The van der Waals surface area contributed by atoms with Gasteiger partial charge in [-0.3, -0.25) is 4.79 Å². The van der Waals surface area contributed by atoms with Gasteiger partial charge in [0.25, 0.3) is 0 Å². The Morgan fingerprint density at radius 2 is 1.71 bits per heavy atom. The molecule has 0 aromatic carbocycles. The van der Waals surface area contributed by atoms with Gasteiger partial charge in [-0.25, -0.2) is 4.98 Å². The second kappa shape index (κ2) is 8.79. The largest absolute Gasteiger partial charge is 0.481 e. The van der Waals surface area contributed by atoms with Gasteiger partial charge in [0.15, 0.2) is 0 Å². The van der Waals surface area contributed by atoms with E-state index in [0.717, 1.165) is 19.4 Å². The molecular weight excluding hydrogens is 216 g/mol. The van der Waals surface area contributed by atoms with E-state index in [9.17, 15) is 4.79 Å². The third-order valence-corrected chi connectivity index (χ3v) is 2.87. The van der Waals surface area contributed by atoms with Crippen molar-refractivity contribution in [2.24, 2.45) is 0 Å². The van der Waals surface area contributed by atoms with Crippen LogP contribution in [0.15, 0.2) is 18.7 Å². The van der Waals surface area contributed by atoms with Crippen LogP contribution in [-0.4, -0.2) is 20.6 Å². The van der Waals surface area contributed by atoms with Crippen molar-refractivity contribution in [1.29, 1.82) is 0 Å². The van der Waals surface area contributed by atoms with E-state index >= 15 is 0 Å². The molecule has 0 saturated carbocycles. The molecular formula is C13H22N2O2. The Balaban J connectivity index is 1.80. The number of hydrogen-bond donors (Lipinski definition) is 1. The van der Waals surface area contributed by atoms with E-state index in [1.54, 1.807) is 0 Å². The number of nitrogens with zero attached hydrogens (tertiary/aromatic N) is 2. The predicted molar refractivity (Wildman–Crippen MR) is 66.8 cm³/mol. The Kier molecular flexibility index (Phi) is 7.11. The number of carboxylic acid groups (broad SMARTS) is 1. The Morgan fingerprint density at radius 3 is 2.29 bits per heavy atom. The van der Waals surface area contributed by atoms with E-state index in [1.807, 2.05) is 18.7 Å². The molecule has 1 heterocycles. The van der Waals surface area contributed by atoms with Crippen molar-refractivity contribution >= 4 is 5.97 Å². The van der Waals surface area contributed by atoms with Gasteiger partial charge in [-0.05, 0) is 12.8 Å². The molecule has 96 valence electrons. The van der Waals surface area contributed by atoms with Crippen LogP contribution in [0.4, 0.5) is 0 Å². The van der Waals surface area contributed by atoms with Crippen molar-refractivity contribution in [2.45, 2.75) is 57.9 Å². The molecule has 0 aliphatic rings. The summed E-state index contributed by atoms with van der Waals surface area (Å²) < 4.78 is 2.10. The number of carboxylic acids is 1. The second-order valence-corrected chi connectivity index (χ2v) is 4.42. The summed E-state index contributed by atoms with van der Waals surface area (Å²) in [5.41, 5.74) is 0. The molecule has 1 aromatic rings. The summed E-state index contributed by atoms with van der Waals surface area (Å²) in [6.07, 6.45) is 13.9. The SMILES string of the molecule is O=C(O)CCCCCCCCCn1ccnc1. The van der Waals surface area contributed by atoms with Crippen molar-refractivity contribution in [3.8, 4) is 0 Å². The van der Waals surface area contributed by atoms with Gasteiger partial charge < -0.3 is 9.67 Å². The Hall–Kier alpha value is -1.32. The molecule has 0 aliphatic heterocycles. The summed E-state index contributed by atoms with van der Waals surface area (Å²) in [7, 11) is 0. The molecule has 4 heteroatoms. The van der Waals surface area contributed by atoms with Gasteiger partial charge >= 0.3 is 5.97 Å². The highest BCUT2D eigenvalue weighted by molar-refractivity contribution is 5.66. The molecule has 0 radical (unpaired) electrons. The molecule has 0 unspecified atom stereocenters. The first-order valence-electron chi connectivity index (χ1n) is 6.46. The summed E-state index contributed by atoms with van der Waals surface area (Å²) in [4.78, 5) is 14.3. The standard InChI is InChI=1S/C13H22N2O2/c16-13(17)8-6-4-2-1-3-5-7-10-15-11-9-14-12-15/h9,11-12H,1-8,10H2,(H,16,17). The zero-order valence-electron chi connectivity index (χ0n) is 10.3. The van der Waals surface area contributed by atoms with Crippen LogP contribution in [0.25, 0.3) is 0 Å². The molecule has 1 N–H and O–H groups in total. The Labute approximate surface area is 103 Å². The summed E-state index contributed by atoms with van der Waals surface area (Å²) in [6.45, 7) is 1.05. The van der Waals surface area contributed by atoms with E-state index < -0.39 is 5.97 Å². The number of aryl methyl sites for hydroxylation is 1. The zero-order valence-corrected chi connectivity index (χ0v) is 10.3. The van der Waals surface area contributed by atoms with Crippen molar-refractivity contribution in [1.82, 2.24) is 9.55 Å². The number of imidazole rings is 1. The van der Waals surface area contributed by atoms with E-state index in [-0.39, 0.29) is 0 Å². The van der Waals surface area contributed by atoms with Gasteiger partial charge in [-0.15, -0.1) is 0 Å². The molecule has 0 bridgehead atoms. The van der Waals surface area contributed by atoms with Gasteiger partial charge in [-0.1, -0.05) is 32.1 Å². The summed E-state index contributed by atoms with van der Waals surface area (Å²) in [5.74, 6) is -0.676. The maximum absolute atomic E-state index is 10.3. The van der Waals surface area contributed by atoms with Gasteiger partial charge in [0, 0.05) is 25.4 Å². The van der Waals surface area contributed by atoms with Gasteiger partial charge in [0.05, 0.1) is 6.33 Å². The van der Waals surface area contributed by atoms with Crippen LogP contribution in [0.5, 0.6) is 0 Å². The topological polar surface area (TPSA) is 55.1 Å². The van der Waals surface area contributed by atoms with Gasteiger partial charge in [0.1, 0.15) is 0 Å². The van der Waals surface area contributed by atoms with Gasteiger partial charge in [0.2, 0.25) is 0 Å². The first-order valence-corrected chi connectivity index (χ1v) is 6.46. The molecule has 1 rings (SSSR count). The molecule has 4 nitrogen and oxygen atoms in total. The van der Waals surface area contributed by atoms with Crippen LogP contribution in [0.3, 0.4) is 0 Å². The quantitative estimate of drug-likeness (QED) is 0.637. The maximum atomic E-state index is 10.3. The first kappa shape index (κ1) is 13.7. The third-order valence-electron chi connectivity index (χ3n) is 2.87. The van der Waals surface area contributed by atoms with Crippen LogP contribution in [0.1, 0.15) is 51.4 Å². The minimum atomic E-state index is -0.676. The fourth-order valence-electron chi connectivity index (χ4n) is 1.87. The fraction of sp³-hybridized carbons (Fsp3) is 0.692. The van der Waals surface area contributed by atoms with Crippen LogP contribution >= 0.6 is 0 Å². The molecule has 0 amide bonds. The van der Waals surface area contributed by atoms with Crippen LogP contribution in [-0.2, 0) is 11.3 Å². The number of hydrogen-bond acceptors (Lipinski definition) is 2. The molecule has 0 fully saturated rings. The number of rotatable bonds is 10. The van der Waals surface area contributed by atoms with Crippen LogP contribution in [0.2, 0.25) is 0 Å². The smallest absolute Gasteiger partial charge is 0.303 e. The minimum Gasteiger partial charge on any atom is -0.481 e. The molecule has 0 saturated heterocycles. The first-order chi connectivity index (χ1) is 8.29. The van der Waals surface area contributed by atoms with E-state index in [0.29, 0.717) is 6.42 Å². The Bertz CT molecular complexity index is 296. The second-order valence-electron chi connectivity index (χ2n) is 4.42. The fourth-order valence-corrected chi connectivity index (χ4v) is 1.87. The van der Waals surface area contributed by atoms with Crippen LogP contribution in [0, 0.1) is 0 Å². The Morgan fingerprint density at radius 1 is 1.06 bits per heavy atom. The summed E-state index contributed by atoms with van der Waals surface area (Å²) in [6, 6.07) is 0. The highest BCUT2D eigenvalue weighted by atomic mass is 16.4. The molecule has 0 atom stereocenters. The summed E-state index contributed by atoms with van der Waals surface area (Å²) >= 11 is 0. The van der Waals surface area contributed by atoms with E-state index in [1.165, 1.54) is 32.1 Å². The lowest BCUT2D eigenvalue weighted by Gasteiger charge is -2.02. The van der Waals surface area contributed by atoms with E-state index in [2.05, 4.69) is 9.55 Å². The average Bonchev–Trinajstić information content (AvgIpc) is 2.79. The molecule has 1 aromatic heterocycles. The van der Waals surface area contributed by atoms with Gasteiger partial charge in [-0.2, -0.15) is 0 Å². The highest BCUT2D eigenvalue weighted by Crippen LogP contribution is 2.09. The van der Waals surface area contributed by atoms with Crippen molar-refractivity contribution < 1.29 is 9.90 Å². The lowest BCUT2D eigenvalue weighted by Crippen LogP contribution is -1.94. The monoisotopic (exact) mass is 238 g/mol. The van der Waals surface area contributed by atoms with Crippen molar-refractivity contribution in [3.05, 3.63) is 18.7 Å². The lowest BCUT2D eigenvalue weighted by molar-refractivity contribution is -0.137. The predicted octanol–water partition coefficient (Wildman–Crippen LogP) is 3.09. The normalized spacial score (nSPS) is 10.6. The zero-order chi connectivity index (χ0) is 12.3. The van der Waals surface area contributed by atoms with Crippen molar-refractivity contribution in [2.75, 3.05) is 0 Å². The number of aliphatic carboxylic acids is 1. The molecule has 17 heavy (non-hydrogen) atoms. The molecule has 0 aliphatic carbocycles. The lowest BCUT2D eigenvalue weighted by atomic mass is 10.1. The maximum Gasteiger partial charge on any atom is 0.303 e. The minimum absolute atomic E-state index is 0.320. The molecule has 0 spiro atoms. The summed E-state index contributed by atoms with van der Waals surface area (Å²) in [5, 5.41) is 8.47.